The van der Waals surface area contributed by atoms with Crippen molar-refractivity contribution in [2.24, 2.45) is 0 Å². The van der Waals surface area contributed by atoms with Crippen LogP contribution in [0.5, 0.6) is 0 Å². The minimum Gasteiger partial charge on any atom is -0.383 e. The Labute approximate surface area is 56.5 Å². The van der Waals surface area contributed by atoms with Crippen molar-refractivity contribution in [3.8, 4) is 0 Å². The molecule has 0 spiro atoms. The molecule has 0 bridgehead atoms. The molecule has 0 amide bonds. The van der Waals surface area contributed by atoms with E-state index in [-0.39, 0.29) is 0 Å². The van der Waals surface area contributed by atoms with Crippen LogP contribution in [0, 0.1) is 0 Å². The topological polar surface area (TPSA) is 46.0 Å². The third-order valence-corrected chi connectivity index (χ3v) is 2.07. The summed E-state index contributed by atoms with van der Waals surface area (Å²) in [6.45, 7) is 0. The van der Waals surface area contributed by atoms with Gasteiger partial charge in [0.25, 0.3) is 0 Å². The van der Waals surface area contributed by atoms with Crippen molar-refractivity contribution in [3.05, 3.63) is 11.1 Å². The second-order valence-corrected chi connectivity index (χ2v) is 2.93. The summed E-state index contributed by atoms with van der Waals surface area (Å²) in [5, 5.41) is 15.0. The van der Waals surface area contributed by atoms with E-state index in [4.69, 9.17) is 0 Å². The molecule has 0 atom stereocenters. The molecule has 4 heteroatoms. The molecule has 3 nitrogen and oxygen atoms in total. The van der Waals surface area contributed by atoms with Crippen LogP contribution < -0.4 is 0 Å². The highest BCUT2D eigenvalue weighted by Gasteiger charge is 2.44. The van der Waals surface area contributed by atoms with Gasteiger partial charge in [-0.1, -0.05) is 4.49 Å². The predicted octanol–water partition coefficient (Wildman–Crippen LogP) is 0.520. The van der Waals surface area contributed by atoms with Crippen molar-refractivity contribution in [3.63, 3.8) is 0 Å². The summed E-state index contributed by atoms with van der Waals surface area (Å²) in [5.41, 5.74) is 0.153. The average molecular weight is 142 g/mol. The molecule has 1 fully saturated rings. The summed E-state index contributed by atoms with van der Waals surface area (Å²) in [7, 11) is 0. The third-order valence-electron chi connectivity index (χ3n) is 1.56. The van der Waals surface area contributed by atoms with E-state index in [2.05, 4.69) is 9.59 Å². The minimum atomic E-state index is -0.590. The van der Waals surface area contributed by atoms with Crippen molar-refractivity contribution in [1.29, 1.82) is 0 Å². The monoisotopic (exact) mass is 142 g/mol. The van der Waals surface area contributed by atoms with Crippen LogP contribution in [-0.2, 0) is 5.60 Å². The van der Waals surface area contributed by atoms with Gasteiger partial charge in [-0.05, 0) is 24.4 Å². The van der Waals surface area contributed by atoms with Gasteiger partial charge >= 0.3 is 0 Å². The number of aromatic nitrogens is 2. The summed E-state index contributed by atoms with van der Waals surface area (Å²) in [4.78, 5) is 0. The lowest BCUT2D eigenvalue weighted by molar-refractivity contribution is 0.146. The Morgan fingerprint density at radius 1 is 1.67 bits per heavy atom. The van der Waals surface area contributed by atoms with Crippen molar-refractivity contribution >= 4 is 11.5 Å². The van der Waals surface area contributed by atoms with Gasteiger partial charge < -0.3 is 5.11 Å². The van der Waals surface area contributed by atoms with Crippen LogP contribution in [0.15, 0.2) is 5.38 Å². The van der Waals surface area contributed by atoms with Gasteiger partial charge in [0.15, 0.2) is 0 Å². The van der Waals surface area contributed by atoms with Gasteiger partial charge in [-0.25, -0.2) is 0 Å². The third kappa shape index (κ3) is 0.746. The number of hydrogen-bond acceptors (Lipinski definition) is 4. The van der Waals surface area contributed by atoms with E-state index in [9.17, 15) is 5.11 Å². The highest BCUT2D eigenvalue weighted by atomic mass is 32.1. The van der Waals surface area contributed by atoms with Crippen LogP contribution in [0.3, 0.4) is 0 Å². The number of hydrogen-bond donors (Lipinski definition) is 1. The van der Waals surface area contributed by atoms with E-state index in [1.54, 1.807) is 5.38 Å². The molecule has 9 heavy (non-hydrogen) atoms. The first-order chi connectivity index (χ1) is 4.31. The molecule has 1 aromatic rings. The molecule has 1 N–H and O–H groups in total. The molecule has 1 heterocycles. The van der Waals surface area contributed by atoms with Crippen LogP contribution in [0.2, 0.25) is 0 Å². The number of aliphatic hydroxyl groups is 1. The molecule has 1 saturated carbocycles. The van der Waals surface area contributed by atoms with E-state index < -0.39 is 5.60 Å². The van der Waals surface area contributed by atoms with Crippen molar-refractivity contribution < 1.29 is 5.11 Å². The Kier molecular flexibility index (Phi) is 0.896. The zero-order valence-electron chi connectivity index (χ0n) is 4.74. The first-order valence-electron chi connectivity index (χ1n) is 2.81. The van der Waals surface area contributed by atoms with Crippen LogP contribution in [0.1, 0.15) is 18.5 Å². The van der Waals surface area contributed by atoms with Gasteiger partial charge in [0.1, 0.15) is 11.3 Å². The van der Waals surface area contributed by atoms with Crippen LogP contribution in [-0.4, -0.2) is 14.7 Å². The summed E-state index contributed by atoms with van der Waals surface area (Å²) >= 11 is 1.29. The van der Waals surface area contributed by atoms with Gasteiger partial charge in [-0.3, -0.25) is 0 Å². The largest absolute Gasteiger partial charge is 0.383 e. The molecular weight excluding hydrogens is 136 g/mol. The minimum absolute atomic E-state index is 0.590. The quantitative estimate of drug-likeness (QED) is 0.621. The zero-order chi connectivity index (χ0) is 6.32. The second kappa shape index (κ2) is 1.52. The highest BCUT2D eigenvalue weighted by molar-refractivity contribution is 7.03. The summed E-state index contributed by atoms with van der Waals surface area (Å²) < 4.78 is 3.66. The molecule has 48 valence electrons. The van der Waals surface area contributed by atoms with Crippen molar-refractivity contribution in [1.82, 2.24) is 9.59 Å². The maximum Gasteiger partial charge on any atom is 0.110 e. The number of nitrogens with zero attached hydrogens (tertiary/aromatic N) is 2. The van der Waals surface area contributed by atoms with Gasteiger partial charge in [-0.2, -0.15) is 0 Å². The van der Waals surface area contributed by atoms with E-state index >= 15 is 0 Å². The summed E-state index contributed by atoms with van der Waals surface area (Å²) in [6, 6.07) is 0. The van der Waals surface area contributed by atoms with Gasteiger partial charge in [0.05, 0.1) is 0 Å². The fraction of sp³-hybridized carbons (Fsp3) is 0.600. The molecule has 0 radical (unpaired) electrons. The molecule has 1 aliphatic carbocycles. The van der Waals surface area contributed by atoms with Crippen molar-refractivity contribution in [2.75, 3.05) is 0 Å². The highest BCUT2D eigenvalue weighted by Crippen LogP contribution is 2.44. The first kappa shape index (κ1) is 5.32. The fourth-order valence-corrected chi connectivity index (χ4v) is 1.29. The SMILES string of the molecule is OC1(c2csnn2)CC1. The van der Waals surface area contributed by atoms with Crippen molar-refractivity contribution in [2.45, 2.75) is 18.4 Å². The van der Waals surface area contributed by atoms with Gasteiger partial charge in [0, 0.05) is 5.38 Å². The molecule has 0 aromatic carbocycles. The molecule has 2 rings (SSSR count). The normalized spacial score (nSPS) is 21.9. The maximum atomic E-state index is 9.39. The Bertz CT molecular complexity index is 205. The average Bonchev–Trinajstić information content (AvgIpc) is 2.46. The lowest BCUT2D eigenvalue weighted by atomic mass is 10.3. The molecule has 1 aromatic heterocycles. The Hall–Kier alpha value is -0.480. The first-order valence-corrected chi connectivity index (χ1v) is 3.65. The second-order valence-electron chi connectivity index (χ2n) is 2.32. The van der Waals surface area contributed by atoms with Crippen LogP contribution >= 0.6 is 11.5 Å². The molecule has 0 saturated heterocycles. The molecule has 0 unspecified atom stereocenters. The van der Waals surface area contributed by atoms with E-state index in [0.29, 0.717) is 0 Å². The number of rotatable bonds is 1. The summed E-state index contributed by atoms with van der Waals surface area (Å²) in [5.74, 6) is 0. The fourth-order valence-electron chi connectivity index (χ4n) is 0.742. The Morgan fingerprint density at radius 2 is 2.44 bits per heavy atom. The lowest BCUT2D eigenvalue weighted by Crippen LogP contribution is -2.03. The lowest BCUT2D eigenvalue weighted by Gasteiger charge is -1.97. The van der Waals surface area contributed by atoms with Gasteiger partial charge in [0.2, 0.25) is 0 Å². The van der Waals surface area contributed by atoms with Crippen LogP contribution in [0.25, 0.3) is 0 Å². The van der Waals surface area contributed by atoms with Gasteiger partial charge in [-0.15, -0.1) is 5.10 Å². The summed E-state index contributed by atoms with van der Waals surface area (Å²) in [6.07, 6.45) is 1.69. The van der Waals surface area contributed by atoms with E-state index in [1.807, 2.05) is 0 Å². The zero-order valence-corrected chi connectivity index (χ0v) is 5.56. The molecule has 0 aliphatic heterocycles. The molecular formula is C5H6N2OS. The van der Waals surface area contributed by atoms with Crippen LogP contribution in [0.4, 0.5) is 0 Å². The standard InChI is InChI=1S/C5H6N2OS/c8-5(1-2-5)4-3-9-7-6-4/h3,8H,1-2H2. The maximum absolute atomic E-state index is 9.39. The van der Waals surface area contributed by atoms with E-state index in [0.717, 1.165) is 18.5 Å². The van der Waals surface area contributed by atoms with E-state index in [1.165, 1.54) is 11.5 Å². The molecule has 1 aliphatic rings. The smallest absolute Gasteiger partial charge is 0.110 e. The predicted molar refractivity (Wildman–Crippen MR) is 33.0 cm³/mol. The Balaban J connectivity index is 2.34. The Morgan fingerprint density at radius 3 is 2.89 bits per heavy atom.